The molecule has 0 aliphatic carbocycles. The van der Waals surface area contributed by atoms with Gasteiger partial charge in [-0.3, -0.25) is 4.79 Å². The van der Waals surface area contributed by atoms with Crippen molar-refractivity contribution in [1.29, 1.82) is 0 Å². The third-order valence-corrected chi connectivity index (χ3v) is 6.14. The second-order valence-corrected chi connectivity index (χ2v) is 9.16. The number of hydrogen-bond donors (Lipinski definition) is 2. The van der Waals surface area contributed by atoms with E-state index in [0.29, 0.717) is 53.6 Å². The number of Topliss-reactive ketones (excluding diaryl/α,β-unsaturated/α-hetero) is 1. The third-order valence-electron chi connectivity index (χ3n) is 6.14. The van der Waals surface area contributed by atoms with E-state index in [4.69, 9.17) is 14.2 Å². The fourth-order valence-corrected chi connectivity index (χ4v) is 4.30. The van der Waals surface area contributed by atoms with E-state index in [-0.39, 0.29) is 29.6 Å². The highest BCUT2D eigenvalue weighted by Crippen LogP contribution is 2.48. The molecule has 0 bridgehead atoms. The van der Waals surface area contributed by atoms with Crippen LogP contribution in [0.5, 0.6) is 28.7 Å². The summed E-state index contributed by atoms with van der Waals surface area (Å²) in [6, 6.07) is 6.29. The average Bonchev–Trinajstić information content (AvgIpc) is 2.78. The van der Waals surface area contributed by atoms with Crippen LogP contribution in [-0.2, 0) is 6.42 Å². The standard InChI is InChI=1S/C29H36O6/c1-7-33-25-14-20(30)11-12-21(25)26-16-24(32)28-27(34-8-2)15-23(31)22(29(28)35-26)13-19(18(5)6)10-9-17(3)4/h9,11-12,14-15,19,26,30-31H,5,7-8,10,13,16H2,1-4,6H3. The number of benzene rings is 2. The fourth-order valence-electron chi connectivity index (χ4n) is 4.30. The minimum Gasteiger partial charge on any atom is -0.508 e. The van der Waals surface area contributed by atoms with Crippen molar-refractivity contribution >= 4 is 5.78 Å². The fraction of sp³-hybridized carbons (Fsp3) is 0.414. The van der Waals surface area contributed by atoms with Gasteiger partial charge >= 0.3 is 0 Å². The lowest BCUT2D eigenvalue weighted by molar-refractivity contribution is 0.0836. The van der Waals surface area contributed by atoms with Gasteiger partial charge in [-0.05, 0) is 65.5 Å². The lowest BCUT2D eigenvalue weighted by atomic mass is 9.86. The number of rotatable bonds is 10. The van der Waals surface area contributed by atoms with Gasteiger partial charge in [0.1, 0.15) is 40.4 Å². The van der Waals surface area contributed by atoms with Crippen molar-refractivity contribution in [3.8, 4) is 28.7 Å². The Morgan fingerprint density at radius 3 is 2.46 bits per heavy atom. The molecule has 0 fully saturated rings. The second-order valence-electron chi connectivity index (χ2n) is 9.16. The molecule has 35 heavy (non-hydrogen) atoms. The molecule has 2 atom stereocenters. The maximum atomic E-state index is 13.4. The van der Waals surface area contributed by atoms with Crippen molar-refractivity contribution in [2.45, 2.75) is 60.0 Å². The minimum atomic E-state index is -0.631. The van der Waals surface area contributed by atoms with Crippen molar-refractivity contribution in [2.75, 3.05) is 13.2 Å². The number of ether oxygens (including phenoxy) is 3. The summed E-state index contributed by atoms with van der Waals surface area (Å²) < 4.78 is 17.9. The van der Waals surface area contributed by atoms with E-state index in [1.165, 1.54) is 17.7 Å². The predicted molar refractivity (Wildman–Crippen MR) is 137 cm³/mol. The van der Waals surface area contributed by atoms with Gasteiger partial charge in [0, 0.05) is 23.3 Å². The van der Waals surface area contributed by atoms with Crippen molar-refractivity contribution in [1.82, 2.24) is 0 Å². The molecule has 2 N–H and O–H groups in total. The van der Waals surface area contributed by atoms with E-state index < -0.39 is 6.10 Å². The van der Waals surface area contributed by atoms with Crippen LogP contribution in [0.1, 0.15) is 75.0 Å². The normalized spacial score (nSPS) is 15.6. The highest BCUT2D eigenvalue weighted by molar-refractivity contribution is 6.03. The van der Waals surface area contributed by atoms with Gasteiger partial charge in [-0.25, -0.2) is 0 Å². The zero-order valence-electron chi connectivity index (χ0n) is 21.3. The Kier molecular flexibility index (Phi) is 8.49. The lowest BCUT2D eigenvalue weighted by Gasteiger charge is -2.31. The molecule has 0 spiro atoms. The van der Waals surface area contributed by atoms with Crippen LogP contribution in [0.4, 0.5) is 0 Å². The zero-order valence-corrected chi connectivity index (χ0v) is 21.3. The summed E-state index contributed by atoms with van der Waals surface area (Å²) in [7, 11) is 0. The molecule has 1 heterocycles. The first-order valence-electron chi connectivity index (χ1n) is 12.1. The molecule has 2 aromatic carbocycles. The SMILES string of the molecule is C=C(C)C(CC=C(C)C)Cc1c(O)cc(OCC)c2c1OC(c1ccc(O)cc1OCC)CC2=O. The number of carbonyl (C=O) groups is 1. The van der Waals surface area contributed by atoms with Crippen molar-refractivity contribution in [3.63, 3.8) is 0 Å². The molecule has 0 radical (unpaired) electrons. The smallest absolute Gasteiger partial charge is 0.174 e. The topological polar surface area (TPSA) is 85.2 Å². The van der Waals surface area contributed by atoms with Gasteiger partial charge in [-0.15, -0.1) is 0 Å². The molecule has 1 aliphatic heterocycles. The molecule has 6 nitrogen and oxygen atoms in total. The van der Waals surface area contributed by atoms with E-state index in [9.17, 15) is 15.0 Å². The predicted octanol–water partition coefficient (Wildman–Crippen LogP) is 6.69. The summed E-state index contributed by atoms with van der Waals surface area (Å²) in [5.41, 5.74) is 3.78. The van der Waals surface area contributed by atoms with Crippen LogP contribution in [0.2, 0.25) is 0 Å². The maximum absolute atomic E-state index is 13.4. The molecule has 6 heteroatoms. The van der Waals surface area contributed by atoms with Crippen LogP contribution in [0, 0.1) is 5.92 Å². The zero-order chi connectivity index (χ0) is 25.7. The Morgan fingerprint density at radius 2 is 1.83 bits per heavy atom. The molecule has 0 aromatic heterocycles. The molecule has 2 aromatic rings. The van der Waals surface area contributed by atoms with Crippen LogP contribution in [0.15, 0.2) is 48.1 Å². The summed E-state index contributed by atoms with van der Waals surface area (Å²) in [4.78, 5) is 13.4. The monoisotopic (exact) mass is 480 g/mol. The van der Waals surface area contributed by atoms with Gasteiger partial charge in [0.25, 0.3) is 0 Å². The first-order chi connectivity index (χ1) is 16.7. The number of phenolic OH excluding ortho intramolecular Hbond substituents is 2. The van der Waals surface area contributed by atoms with Crippen LogP contribution in [0.3, 0.4) is 0 Å². The van der Waals surface area contributed by atoms with Gasteiger partial charge in [-0.1, -0.05) is 23.8 Å². The number of hydrogen-bond acceptors (Lipinski definition) is 6. The molecule has 1 aliphatic rings. The summed E-state index contributed by atoms with van der Waals surface area (Å²) in [6.45, 7) is 14.7. The molecule has 2 unspecified atom stereocenters. The van der Waals surface area contributed by atoms with Crippen molar-refractivity contribution in [3.05, 3.63) is 64.8 Å². The van der Waals surface area contributed by atoms with Crippen molar-refractivity contribution in [2.24, 2.45) is 5.92 Å². The molecular formula is C29H36O6. The number of phenols is 2. The van der Waals surface area contributed by atoms with Crippen molar-refractivity contribution < 1.29 is 29.2 Å². The maximum Gasteiger partial charge on any atom is 0.174 e. The molecular weight excluding hydrogens is 444 g/mol. The van der Waals surface area contributed by atoms with E-state index in [2.05, 4.69) is 12.7 Å². The lowest BCUT2D eigenvalue weighted by Crippen LogP contribution is -2.23. The Bertz CT molecular complexity index is 1130. The van der Waals surface area contributed by atoms with E-state index >= 15 is 0 Å². The number of carbonyl (C=O) groups excluding carboxylic acids is 1. The van der Waals surface area contributed by atoms with Crippen LogP contribution >= 0.6 is 0 Å². The molecule has 0 amide bonds. The Labute approximate surface area is 207 Å². The first-order valence-corrected chi connectivity index (χ1v) is 12.1. The third kappa shape index (κ3) is 5.99. The van der Waals surface area contributed by atoms with Gasteiger partial charge in [0.05, 0.1) is 19.6 Å². The quantitative estimate of drug-likeness (QED) is 0.368. The van der Waals surface area contributed by atoms with Crippen LogP contribution in [0.25, 0.3) is 0 Å². The summed E-state index contributed by atoms with van der Waals surface area (Å²) in [6.07, 6.45) is 2.84. The number of fused-ring (bicyclic) bond motifs is 1. The van der Waals surface area contributed by atoms with E-state index in [1.54, 1.807) is 12.1 Å². The second kappa shape index (κ2) is 11.3. The Morgan fingerprint density at radius 1 is 1.14 bits per heavy atom. The van der Waals surface area contributed by atoms with Crippen LogP contribution < -0.4 is 14.2 Å². The minimum absolute atomic E-state index is 0.0276. The summed E-state index contributed by atoms with van der Waals surface area (Å²) >= 11 is 0. The van der Waals surface area contributed by atoms with Gasteiger partial charge in [0.2, 0.25) is 0 Å². The summed E-state index contributed by atoms with van der Waals surface area (Å²) in [5.74, 6) is 1.15. The van der Waals surface area contributed by atoms with Gasteiger partial charge < -0.3 is 24.4 Å². The van der Waals surface area contributed by atoms with Gasteiger partial charge in [0.15, 0.2) is 5.78 Å². The van der Waals surface area contributed by atoms with E-state index in [1.807, 2.05) is 34.6 Å². The molecule has 3 rings (SSSR count). The average molecular weight is 481 g/mol. The summed E-state index contributed by atoms with van der Waals surface area (Å²) in [5, 5.41) is 21.0. The molecule has 0 saturated carbocycles. The number of allylic oxidation sites excluding steroid dienone is 3. The first kappa shape index (κ1) is 26.2. The molecule has 0 saturated heterocycles. The largest absolute Gasteiger partial charge is 0.508 e. The highest BCUT2D eigenvalue weighted by Gasteiger charge is 2.36. The Balaban J connectivity index is 2.12. The van der Waals surface area contributed by atoms with E-state index in [0.717, 1.165) is 12.0 Å². The van der Waals surface area contributed by atoms with Crippen LogP contribution in [-0.4, -0.2) is 29.2 Å². The molecule has 188 valence electrons. The number of aromatic hydroxyl groups is 2. The van der Waals surface area contributed by atoms with Gasteiger partial charge in [-0.2, -0.15) is 0 Å². The number of ketones is 1. The highest BCUT2D eigenvalue weighted by atomic mass is 16.5. The Hall–Kier alpha value is -3.41.